The summed E-state index contributed by atoms with van der Waals surface area (Å²) in [6.07, 6.45) is 3.22. The maximum atomic E-state index is 13.1. The fourth-order valence-electron chi connectivity index (χ4n) is 4.03. The molecule has 0 bridgehead atoms. The van der Waals surface area contributed by atoms with Crippen molar-refractivity contribution in [1.82, 2.24) is 24.8 Å². The number of aromatic nitrogens is 3. The molecule has 1 unspecified atom stereocenters. The van der Waals surface area contributed by atoms with Crippen molar-refractivity contribution < 1.29 is 9.53 Å². The molecule has 26 heavy (non-hydrogen) atoms. The number of rotatable bonds is 6. The number of hydrogen-bond donors (Lipinski definition) is 0. The van der Waals surface area contributed by atoms with Crippen molar-refractivity contribution in [3.05, 3.63) is 11.4 Å². The molecule has 142 valence electrons. The van der Waals surface area contributed by atoms with Crippen molar-refractivity contribution >= 4 is 5.91 Å². The standard InChI is InChI=1S/C18H28N6O2/c1-22(2)8-9-26-12-14-10-24(11-15-16(14)23(3)21-20-15)17(25)18(13-19)6-4-5-7-18/h14H,4-12H2,1-3H3. The van der Waals surface area contributed by atoms with Crippen molar-refractivity contribution in [3.8, 4) is 6.07 Å². The van der Waals surface area contributed by atoms with Gasteiger partial charge in [-0.15, -0.1) is 5.10 Å². The summed E-state index contributed by atoms with van der Waals surface area (Å²) in [6, 6.07) is 2.31. The topological polar surface area (TPSA) is 87.3 Å². The second kappa shape index (κ2) is 7.72. The Morgan fingerprint density at radius 1 is 1.42 bits per heavy atom. The first kappa shape index (κ1) is 18.8. The van der Waals surface area contributed by atoms with Gasteiger partial charge in [0.15, 0.2) is 0 Å². The second-order valence-electron chi connectivity index (χ2n) is 7.71. The summed E-state index contributed by atoms with van der Waals surface area (Å²) >= 11 is 0. The summed E-state index contributed by atoms with van der Waals surface area (Å²) in [5.74, 6) is -0.0193. The summed E-state index contributed by atoms with van der Waals surface area (Å²) in [4.78, 5) is 17.0. The van der Waals surface area contributed by atoms with Crippen LogP contribution in [0.4, 0.5) is 0 Å². The van der Waals surface area contributed by atoms with Gasteiger partial charge in [0.25, 0.3) is 0 Å². The summed E-state index contributed by atoms with van der Waals surface area (Å²) in [5.41, 5.74) is 1.01. The van der Waals surface area contributed by atoms with Crippen molar-refractivity contribution in [2.45, 2.75) is 38.1 Å². The molecule has 0 N–H and O–H groups in total. The third kappa shape index (κ3) is 3.60. The van der Waals surface area contributed by atoms with E-state index in [-0.39, 0.29) is 11.8 Å². The van der Waals surface area contributed by atoms with Crippen molar-refractivity contribution in [1.29, 1.82) is 5.26 Å². The van der Waals surface area contributed by atoms with Crippen LogP contribution in [0.1, 0.15) is 43.0 Å². The molecule has 3 rings (SSSR count). The smallest absolute Gasteiger partial charge is 0.243 e. The van der Waals surface area contributed by atoms with E-state index in [0.29, 0.717) is 39.1 Å². The molecule has 1 aliphatic carbocycles. The Bertz CT molecular complexity index is 686. The number of fused-ring (bicyclic) bond motifs is 1. The maximum Gasteiger partial charge on any atom is 0.243 e. The van der Waals surface area contributed by atoms with E-state index in [0.717, 1.165) is 30.8 Å². The summed E-state index contributed by atoms with van der Waals surface area (Å²) in [7, 11) is 5.90. The normalized spacial score (nSPS) is 21.7. The van der Waals surface area contributed by atoms with E-state index < -0.39 is 5.41 Å². The van der Waals surface area contributed by atoms with Crippen LogP contribution in [0.2, 0.25) is 0 Å². The van der Waals surface area contributed by atoms with Gasteiger partial charge in [-0.25, -0.2) is 0 Å². The van der Waals surface area contributed by atoms with E-state index in [1.165, 1.54) is 0 Å². The van der Waals surface area contributed by atoms with Gasteiger partial charge in [0.1, 0.15) is 11.1 Å². The lowest BCUT2D eigenvalue weighted by atomic mass is 9.85. The number of nitriles is 1. The highest BCUT2D eigenvalue weighted by molar-refractivity contribution is 5.86. The van der Waals surface area contributed by atoms with Gasteiger partial charge in [-0.2, -0.15) is 5.26 Å². The maximum absolute atomic E-state index is 13.1. The van der Waals surface area contributed by atoms with Crippen LogP contribution in [0, 0.1) is 16.7 Å². The second-order valence-corrected chi connectivity index (χ2v) is 7.71. The van der Waals surface area contributed by atoms with Crippen LogP contribution in [0.3, 0.4) is 0 Å². The molecule has 0 radical (unpaired) electrons. The highest BCUT2D eigenvalue weighted by Crippen LogP contribution is 2.40. The van der Waals surface area contributed by atoms with Gasteiger partial charge < -0.3 is 14.5 Å². The number of likely N-dealkylation sites (N-methyl/N-ethyl adjacent to an activating group) is 1. The van der Waals surface area contributed by atoms with Gasteiger partial charge in [0.2, 0.25) is 5.91 Å². The Balaban J connectivity index is 1.74. The van der Waals surface area contributed by atoms with E-state index in [9.17, 15) is 10.1 Å². The highest BCUT2D eigenvalue weighted by atomic mass is 16.5. The van der Waals surface area contributed by atoms with Gasteiger partial charge in [-0.1, -0.05) is 18.1 Å². The van der Waals surface area contributed by atoms with Gasteiger partial charge in [0, 0.05) is 26.1 Å². The minimum atomic E-state index is -0.851. The number of amides is 1. The van der Waals surface area contributed by atoms with Gasteiger partial charge in [-0.3, -0.25) is 9.48 Å². The number of nitrogens with zero attached hydrogens (tertiary/aromatic N) is 6. The van der Waals surface area contributed by atoms with Crippen molar-refractivity contribution in [3.63, 3.8) is 0 Å². The molecule has 8 nitrogen and oxygen atoms in total. The van der Waals surface area contributed by atoms with Crippen LogP contribution in [0.5, 0.6) is 0 Å². The van der Waals surface area contributed by atoms with Crippen molar-refractivity contribution in [2.75, 3.05) is 40.4 Å². The lowest BCUT2D eigenvalue weighted by molar-refractivity contribution is -0.140. The van der Waals surface area contributed by atoms with Crippen LogP contribution in [-0.2, 0) is 23.1 Å². The average molecular weight is 360 g/mol. The first-order chi connectivity index (χ1) is 12.5. The van der Waals surface area contributed by atoms with Gasteiger partial charge in [-0.05, 0) is 26.9 Å². The molecule has 1 aromatic heterocycles. The Labute approximate surface area is 154 Å². The molecule has 2 aliphatic rings. The van der Waals surface area contributed by atoms with E-state index in [1.54, 1.807) is 9.58 Å². The van der Waals surface area contributed by atoms with Crippen LogP contribution < -0.4 is 0 Å². The molecule has 8 heteroatoms. The first-order valence-corrected chi connectivity index (χ1v) is 9.28. The average Bonchev–Trinajstić information content (AvgIpc) is 3.25. The Hall–Kier alpha value is -1.98. The number of aryl methyl sites for hydroxylation is 1. The fourth-order valence-corrected chi connectivity index (χ4v) is 4.03. The Kier molecular flexibility index (Phi) is 5.58. The van der Waals surface area contributed by atoms with E-state index in [1.807, 2.05) is 21.1 Å². The zero-order valence-electron chi connectivity index (χ0n) is 15.9. The summed E-state index contributed by atoms with van der Waals surface area (Å²) < 4.78 is 7.64. The van der Waals surface area contributed by atoms with E-state index in [4.69, 9.17) is 4.74 Å². The molecule has 1 fully saturated rings. The predicted octanol–water partition coefficient (Wildman–Crippen LogP) is 0.903. The van der Waals surface area contributed by atoms with Crippen LogP contribution in [-0.4, -0.2) is 71.1 Å². The molecule has 0 aromatic carbocycles. The molecular formula is C18H28N6O2. The third-order valence-corrected chi connectivity index (χ3v) is 5.48. The number of hydrogen-bond acceptors (Lipinski definition) is 6. The largest absolute Gasteiger partial charge is 0.379 e. The molecule has 0 saturated heterocycles. The zero-order valence-corrected chi connectivity index (χ0v) is 15.9. The first-order valence-electron chi connectivity index (χ1n) is 9.28. The van der Waals surface area contributed by atoms with Crippen LogP contribution in [0.15, 0.2) is 0 Å². The monoisotopic (exact) mass is 360 g/mol. The van der Waals surface area contributed by atoms with Gasteiger partial charge in [0.05, 0.1) is 31.5 Å². The molecule has 1 saturated carbocycles. The Morgan fingerprint density at radius 2 is 2.15 bits per heavy atom. The molecule has 1 aliphatic heterocycles. The SMILES string of the molecule is CN(C)CCOCC1CN(C(=O)C2(C#N)CCCC2)Cc2nnn(C)c21. The minimum Gasteiger partial charge on any atom is -0.379 e. The quantitative estimate of drug-likeness (QED) is 0.701. The molecule has 1 atom stereocenters. The van der Waals surface area contributed by atoms with Gasteiger partial charge >= 0.3 is 0 Å². The molecule has 1 aromatic rings. The molecule has 0 spiro atoms. The zero-order chi connectivity index (χ0) is 18.7. The Morgan fingerprint density at radius 3 is 2.81 bits per heavy atom. The predicted molar refractivity (Wildman–Crippen MR) is 95.0 cm³/mol. The summed E-state index contributed by atoms with van der Waals surface area (Å²) in [6.45, 7) is 2.99. The minimum absolute atomic E-state index is 0.0296. The van der Waals surface area contributed by atoms with Crippen LogP contribution >= 0.6 is 0 Å². The molecule has 1 amide bonds. The van der Waals surface area contributed by atoms with E-state index >= 15 is 0 Å². The van der Waals surface area contributed by atoms with E-state index in [2.05, 4.69) is 21.3 Å². The summed E-state index contributed by atoms with van der Waals surface area (Å²) in [5, 5.41) is 18.0. The third-order valence-electron chi connectivity index (χ3n) is 5.48. The highest BCUT2D eigenvalue weighted by Gasteiger charge is 2.46. The number of carbonyl (C=O) groups excluding carboxylic acids is 1. The number of carbonyl (C=O) groups is 1. The fraction of sp³-hybridized carbons (Fsp3) is 0.778. The molecule has 2 heterocycles. The van der Waals surface area contributed by atoms with Crippen molar-refractivity contribution in [2.24, 2.45) is 12.5 Å². The van der Waals surface area contributed by atoms with Crippen LogP contribution in [0.25, 0.3) is 0 Å². The number of ether oxygens (including phenoxy) is 1. The molecular weight excluding hydrogens is 332 g/mol. The lowest BCUT2D eigenvalue weighted by Crippen LogP contribution is -2.46. The lowest BCUT2D eigenvalue weighted by Gasteiger charge is -2.35.